The van der Waals surface area contributed by atoms with E-state index in [1.54, 1.807) is 11.3 Å². The molecule has 0 aliphatic heterocycles. The number of hydrogen-bond donors (Lipinski definition) is 0. The second-order valence-electron chi connectivity index (χ2n) is 15.5. The summed E-state index contributed by atoms with van der Waals surface area (Å²) in [7, 11) is 0. The average molecular weight is 797 g/mol. The van der Waals surface area contributed by atoms with Gasteiger partial charge in [0.1, 0.15) is 11.2 Å². The minimum absolute atomic E-state index is 0.549. The Morgan fingerprint density at radius 1 is 0.393 bits per heavy atom. The Hall–Kier alpha value is -7.93. The molecule has 284 valence electrons. The van der Waals surface area contributed by atoms with E-state index in [0.29, 0.717) is 17.5 Å². The van der Waals surface area contributed by atoms with Crippen LogP contribution in [0.25, 0.3) is 126 Å². The molecule has 5 nitrogen and oxygen atoms in total. The third kappa shape index (κ3) is 5.29. The average Bonchev–Trinajstić information content (AvgIpc) is 4.01. The maximum atomic E-state index is 6.93. The summed E-state index contributed by atoms with van der Waals surface area (Å²) >= 11 is 1.79. The van der Waals surface area contributed by atoms with E-state index in [2.05, 4.69) is 180 Å². The summed E-state index contributed by atoms with van der Waals surface area (Å²) in [4.78, 5) is 15.9. The Morgan fingerprint density at radius 3 is 1.89 bits per heavy atom. The first-order valence-corrected chi connectivity index (χ1v) is 21.2. The van der Waals surface area contributed by atoms with E-state index < -0.39 is 0 Å². The summed E-state index contributed by atoms with van der Waals surface area (Å²) in [5.74, 6) is 1.76. The van der Waals surface area contributed by atoms with Gasteiger partial charge in [0, 0.05) is 47.5 Å². The van der Waals surface area contributed by atoms with Crippen molar-refractivity contribution in [3.8, 4) is 51.0 Å². The van der Waals surface area contributed by atoms with Crippen LogP contribution < -0.4 is 0 Å². The Kier molecular flexibility index (Phi) is 7.41. The number of nitrogens with zero attached hydrogens (tertiary/aromatic N) is 4. The molecular weight excluding hydrogens is 765 g/mol. The summed E-state index contributed by atoms with van der Waals surface area (Å²) in [5, 5.41) is 9.19. The summed E-state index contributed by atoms with van der Waals surface area (Å²) in [6, 6.07) is 68.5. The van der Waals surface area contributed by atoms with E-state index in [1.165, 1.54) is 36.3 Å². The van der Waals surface area contributed by atoms with Gasteiger partial charge in [0.25, 0.3) is 0 Å². The van der Waals surface area contributed by atoms with Gasteiger partial charge in [0.15, 0.2) is 17.5 Å². The Balaban J connectivity index is 1.08. The number of thiophene rings is 1. The molecule has 0 N–H and O–H groups in total. The van der Waals surface area contributed by atoms with Gasteiger partial charge in [-0.05, 0) is 70.4 Å². The van der Waals surface area contributed by atoms with Gasteiger partial charge in [0.05, 0.1) is 27.7 Å². The SMILES string of the molecule is c1ccc(-c2ccc(-c3nc(-c4ccc(-n5c6ccccc6c6cc7ccccc7cc65)c5c4oc4ccccc45)nc(-c4cccc5sc6ccccc6c45)n3)cc2)cc1. The van der Waals surface area contributed by atoms with E-state index in [-0.39, 0.29) is 0 Å². The van der Waals surface area contributed by atoms with Crippen molar-refractivity contribution in [3.05, 3.63) is 194 Å². The van der Waals surface area contributed by atoms with E-state index in [1.807, 2.05) is 18.2 Å². The highest BCUT2D eigenvalue weighted by Crippen LogP contribution is 2.44. The van der Waals surface area contributed by atoms with Gasteiger partial charge in [0.2, 0.25) is 0 Å². The molecule has 61 heavy (non-hydrogen) atoms. The minimum Gasteiger partial charge on any atom is -0.455 e. The second-order valence-corrected chi connectivity index (χ2v) is 16.6. The summed E-state index contributed by atoms with van der Waals surface area (Å²) in [6.07, 6.45) is 0. The van der Waals surface area contributed by atoms with Gasteiger partial charge in [-0.3, -0.25) is 0 Å². The van der Waals surface area contributed by atoms with E-state index >= 15 is 0 Å². The monoisotopic (exact) mass is 796 g/mol. The zero-order valence-electron chi connectivity index (χ0n) is 32.6. The van der Waals surface area contributed by atoms with Crippen molar-refractivity contribution >= 4 is 86.0 Å². The fourth-order valence-electron chi connectivity index (χ4n) is 9.24. The molecule has 0 saturated carbocycles. The zero-order valence-corrected chi connectivity index (χ0v) is 33.4. The third-order valence-corrected chi connectivity index (χ3v) is 13.2. The highest BCUT2D eigenvalue weighted by Gasteiger charge is 2.24. The molecular formula is C55H32N4OS. The lowest BCUT2D eigenvalue weighted by molar-refractivity contribution is 0.669. The Bertz CT molecular complexity index is 3880. The molecule has 13 rings (SSSR count). The smallest absolute Gasteiger partial charge is 0.167 e. The van der Waals surface area contributed by atoms with E-state index in [0.717, 1.165) is 71.9 Å². The fraction of sp³-hybridized carbons (Fsp3) is 0. The van der Waals surface area contributed by atoms with E-state index in [9.17, 15) is 0 Å². The summed E-state index contributed by atoms with van der Waals surface area (Å²) < 4.78 is 11.7. The highest BCUT2D eigenvalue weighted by atomic mass is 32.1. The van der Waals surface area contributed by atoms with Crippen molar-refractivity contribution in [1.82, 2.24) is 19.5 Å². The largest absolute Gasteiger partial charge is 0.455 e. The van der Waals surface area contributed by atoms with Crippen molar-refractivity contribution < 1.29 is 4.42 Å². The van der Waals surface area contributed by atoms with Crippen molar-refractivity contribution in [2.45, 2.75) is 0 Å². The number of benzene rings is 9. The number of para-hydroxylation sites is 2. The van der Waals surface area contributed by atoms with Gasteiger partial charge < -0.3 is 8.98 Å². The maximum absolute atomic E-state index is 6.93. The van der Waals surface area contributed by atoms with Crippen LogP contribution in [0.15, 0.2) is 199 Å². The molecule has 0 radical (unpaired) electrons. The van der Waals surface area contributed by atoms with Gasteiger partial charge in [-0.1, -0.05) is 146 Å². The summed E-state index contributed by atoms with van der Waals surface area (Å²) in [6.45, 7) is 0. The molecule has 0 amide bonds. The lowest BCUT2D eigenvalue weighted by Gasteiger charge is -2.13. The van der Waals surface area contributed by atoms with Gasteiger partial charge in [-0.15, -0.1) is 11.3 Å². The van der Waals surface area contributed by atoms with Crippen molar-refractivity contribution in [2.75, 3.05) is 0 Å². The molecule has 6 heteroatoms. The highest BCUT2D eigenvalue weighted by molar-refractivity contribution is 7.25. The number of furan rings is 1. The molecule has 0 saturated heterocycles. The van der Waals surface area contributed by atoms with Crippen LogP contribution in [0.5, 0.6) is 0 Å². The Labute approximate surface area is 353 Å². The van der Waals surface area contributed by atoms with Crippen LogP contribution >= 0.6 is 11.3 Å². The van der Waals surface area contributed by atoms with Crippen LogP contribution in [-0.2, 0) is 0 Å². The molecule has 13 aromatic rings. The number of fused-ring (bicyclic) bond motifs is 10. The number of hydrogen-bond acceptors (Lipinski definition) is 5. The topological polar surface area (TPSA) is 56.7 Å². The Morgan fingerprint density at radius 2 is 1.03 bits per heavy atom. The van der Waals surface area contributed by atoms with Crippen LogP contribution in [0.1, 0.15) is 0 Å². The maximum Gasteiger partial charge on any atom is 0.167 e. The van der Waals surface area contributed by atoms with Crippen molar-refractivity contribution in [1.29, 1.82) is 0 Å². The zero-order chi connectivity index (χ0) is 40.0. The normalized spacial score (nSPS) is 11.9. The van der Waals surface area contributed by atoms with Gasteiger partial charge in [-0.2, -0.15) is 0 Å². The molecule has 0 bridgehead atoms. The van der Waals surface area contributed by atoms with Crippen molar-refractivity contribution in [3.63, 3.8) is 0 Å². The molecule has 0 aliphatic rings. The third-order valence-electron chi connectivity index (χ3n) is 12.1. The molecule has 0 spiro atoms. The van der Waals surface area contributed by atoms with Crippen molar-refractivity contribution in [2.24, 2.45) is 0 Å². The molecule has 4 aromatic heterocycles. The van der Waals surface area contributed by atoms with Crippen LogP contribution in [0, 0.1) is 0 Å². The van der Waals surface area contributed by atoms with Gasteiger partial charge in [-0.25, -0.2) is 15.0 Å². The van der Waals surface area contributed by atoms with Crippen LogP contribution in [0.4, 0.5) is 0 Å². The van der Waals surface area contributed by atoms with Gasteiger partial charge >= 0.3 is 0 Å². The standard InChI is InChI=1S/C55H32N4OS/c1-2-13-33(14-3-1)34-25-27-35(28-26-34)53-56-54(41-20-12-24-49-50(41)40-19-8-11-23-48(40)61-49)58-55(57-53)42-29-30-45(51-39-18-7-10-22-47(39)60-52(42)51)59-44-21-9-6-17-38(44)43-31-36-15-4-5-16-37(36)32-46(43)59/h1-32H. The quantitative estimate of drug-likeness (QED) is 0.174. The first kappa shape index (κ1) is 34.0. The second kappa shape index (κ2) is 13.3. The van der Waals surface area contributed by atoms with Crippen LogP contribution in [0.3, 0.4) is 0 Å². The molecule has 0 atom stereocenters. The predicted octanol–water partition coefficient (Wildman–Crippen LogP) is 15.1. The molecule has 0 aliphatic carbocycles. The lowest BCUT2D eigenvalue weighted by Crippen LogP contribution is -2.01. The molecule has 0 fully saturated rings. The lowest BCUT2D eigenvalue weighted by atomic mass is 10.0. The minimum atomic E-state index is 0.549. The van der Waals surface area contributed by atoms with Crippen LogP contribution in [-0.4, -0.2) is 19.5 Å². The summed E-state index contributed by atoms with van der Waals surface area (Å²) in [5.41, 5.74) is 9.80. The number of aromatic nitrogens is 4. The van der Waals surface area contributed by atoms with Crippen LogP contribution in [0.2, 0.25) is 0 Å². The first-order valence-electron chi connectivity index (χ1n) is 20.4. The molecule has 0 unspecified atom stereocenters. The first-order chi connectivity index (χ1) is 30.2. The van der Waals surface area contributed by atoms with E-state index in [4.69, 9.17) is 19.4 Å². The molecule has 4 heterocycles. The molecule has 9 aromatic carbocycles. The predicted molar refractivity (Wildman–Crippen MR) is 254 cm³/mol. The number of rotatable bonds is 5. The fourth-order valence-corrected chi connectivity index (χ4v) is 10.4.